The predicted octanol–water partition coefficient (Wildman–Crippen LogP) is 2.30. The van der Waals surface area contributed by atoms with Gasteiger partial charge in [-0.05, 0) is 31.6 Å². The fraction of sp³-hybridized carbons (Fsp3) is 0.400. The van der Waals surface area contributed by atoms with E-state index in [0.717, 1.165) is 25.3 Å². The molecule has 32 heavy (non-hydrogen) atoms. The highest BCUT2D eigenvalue weighted by molar-refractivity contribution is 6.01. The third-order valence-electron chi connectivity index (χ3n) is 4.72. The van der Waals surface area contributed by atoms with Gasteiger partial charge in [-0.3, -0.25) is 14.9 Å². The van der Waals surface area contributed by atoms with Crippen molar-refractivity contribution in [1.82, 2.24) is 4.90 Å². The number of phenolic OH excluding ortho intramolecular Hbond substituents is 1. The van der Waals surface area contributed by atoms with Crippen LogP contribution in [-0.2, 0) is 19.1 Å². The minimum atomic E-state index is -1.49. The number of nitro benzene ring substituents is 1. The number of ether oxygens (including phenoxy) is 3. The highest BCUT2D eigenvalue weighted by atomic mass is 16.7. The number of likely N-dealkylation sites (N-methyl/N-ethyl adjacent to an activating group) is 1. The van der Waals surface area contributed by atoms with Gasteiger partial charge in [0.2, 0.25) is 11.4 Å². The highest BCUT2D eigenvalue weighted by Gasteiger charge is 2.56. The molecule has 0 aliphatic heterocycles. The van der Waals surface area contributed by atoms with Gasteiger partial charge in [-0.15, -0.1) is 0 Å². The van der Waals surface area contributed by atoms with Gasteiger partial charge in [0, 0.05) is 32.0 Å². The molecule has 1 N–H and O–H groups in total. The first-order chi connectivity index (χ1) is 15.1. The van der Waals surface area contributed by atoms with Crippen LogP contribution >= 0.6 is 0 Å². The second kappa shape index (κ2) is 9.78. The monoisotopic (exact) mass is 447 g/mol. The van der Waals surface area contributed by atoms with Crippen molar-refractivity contribution in [2.45, 2.75) is 32.3 Å². The number of aromatic hydroxyl groups is 1. The first-order valence-electron chi connectivity index (χ1n) is 9.54. The average molecular weight is 447 g/mol. The molecule has 12 heteroatoms. The van der Waals surface area contributed by atoms with Crippen LogP contribution in [0, 0.1) is 21.4 Å². The van der Waals surface area contributed by atoms with Crippen LogP contribution in [0.5, 0.6) is 11.5 Å². The maximum atomic E-state index is 12.4. The fourth-order valence-electron chi connectivity index (χ4n) is 2.82. The Bertz CT molecular complexity index is 1020. The lowest BCUT2D eigenvalue weighted by atomic mass is 10.1. The second-order valence-electron chi connectivity index (χ2n) is 6.73. The SMILES string of the molecule is CCN(CC)C(=O)/C(C#N)=C/c1cc(OC(=O)OC2(C(=O)OC)CC2)c(O)c([N+](=O)[O-])c1. The summed E-state index contributed by atoms with van der Waals surface area (Å²) in [5.41, 5.74) is -2.69. The minimum absolute atomic E-state index is 0.0524. The van der Waals surface area contributed by atoms with E-state index in [1.54, 1.807) is 19.9 Å². The van der Waals surface area contributed by atoms with Crippen molar-refractivity contribution in [1.29, 1.82) is 5.26 Å². The second-order valence-corrected chi connectivity index (χ2v) is 6.73. The molecular weight excluding hydrogens is 426 g/mol. The summed E-state index contributed by atoms with van der Waals surface area (Å²) in [5, 5.41) is 30.8. The Kier molecular flexibility index (Phi) is 7.37. The number of carbonyl (C=O) groups excluding carboxylic acids is 3. The number of benzene rings is 1. The zero-order valence-electron chi connectivity index (χ0n) is 17.6. The Hall–Kier alpha value is -4.14. The number of nitriles is 1. The summed E-state index contributed by atoms with van der Waals surface area (Å²) in [6, 6.07) is 3.67. The molecule has 1 aliphatic rings. The first kappa shape index (κ1) is 24.1. The van der Waals surface area contributed by atoms with Crippen LogP contribution in [0.3, 0.4) is 0 Å². The van der Waals surface area contributed by atoms with Crippen molar-refractivity contribution in [3.8, 4) is 17.6 Å². The van der Waals surface area contributed by atoms with Crippen LogP contribution in [0.4, 0.5) is 10.5 Å². The molecule has 0 spiro atoms. The van der Waals surface area contributed by atoms with Gasteiger partial charge in [0.1, 0.15) is 11.6 Å². The summed E-state index contributed by atoms with van der Waals surface area (Å²) in [7, 11) is 1.12. The molecule has 1 amide bonds. The molecule has 1 saturated carbocycles. The summed E-state index contributed by atoms with van der Waals surface area (Å²) in [6.45, 7) is 4.12. The summed E-state index contributed by atoms with van der Waals surface area (Å²) >= 11 is 0. The molecule has 12 nitrogen and oxygen atoms in total. The van der Waals surface area contributed by atoms with Gasteiger partial charge >= 0.3 is 17.8 Å². The molecular formula is C20H21N3O9. The van der Waals surface area contributed by atoms with Crippen molar-refractivity contribution in [2.24, 2.45) is 0 Å². The van der Waals surface area contributed by atoms with Crippen molar-refractivity contribution in [3.63, 3.8) is 0 Å². The van der Waals surface area contributed by atoms with Gasteiger partial charge < -0.3 is 24.2 Å². The van der Waals surface area contributed by atoms with Gasteiger partial charge in [-0.2, -0.15) is 5.26 Å². The van der Waals surface area contributed by atoms with Gasteiger partial charge in [0.05, 0.1) is 12.0 Å². The van der Waals surface area contributed by atoms with E-state index in [1.165, 1.54) is 4.90 Å². The molecule has 0 bridgehead atoms. The molecule has 170 valence electrons. The number of hydrogen-bond acceptors (Lipinski definition) is 10. The van der Waals surface area contributed by atoms with E-state index in [9.17, 15) is 34.9 Å². The van der Waals surface area contributed by atoms with Crippen LogP contribution in [-0.4, -0.2) is 58.8 Å². The molecule has 1 aromatic carbocycles. The Morgan fingerprint density at radius 2 is 1.94 bits per heavy atom. The summed E-state index contributed by atoms with van der Waals surface area (Å²) < 4.78 is 14.4. The molecule has 0 radical (unpaired) electrons. The number of phenols is 1. The summed E-state index contributed by atoms with van der Waals surface area (Å²) in [6.07, 6.45) is 0.103. The van der Waals surface area contributed by atoms with Gasteiger partial charge in [-0.1, -0.05) is 0 Å². The van der Waals surface area contributed by atoms with Crippen molar-refractivity contribution >= 4 is 29.8 Å². The smallest absolute Gasteiger partial charge is 0.499 e. The molecule has 0 aromatic heterocycles. The van der Waals surface area contributed by atoms with E-state index in [4.69, 9.17) is 9.47 Å². The van der Waals surface area contributed by atoms with Gasteiger partial charge in [-0.25, -0.2) is 9.59 Å². The lowest BCUT2D eigenvalue weighted by molar-refractivity contribution is -0.385. The number of amides is 1. The largest absolute Gasteiger partial charge is 0.515 e. The lowest BCUT2D eigenvalue weighted by Gasteiger charge is -2.17. The van der Waals surface area contributed by atoms with Crippen molar-refractivity contribution in [3.05, 3.63) is 33.4 Å². The van der Waals surface area contributed by atoms with E-state index < -0.39 is 45.7 Å². The number of nitrogens with zero attached hydrogens (tertiary/aromatic N) is 3. The zero-order valence-corrected chi connectivity index (χ0v) is 17.6. The van der Waals surface area contributed by atoms with Crippen molar-refractivity contribution in [2.75, 3.05) is 20.2 Å². The minimum Gasteiger partial charge on any atom is -0.499 e. The predicted molar refractivity (Wildman–Crippen MR) is 107 cm³/mol. The third-order valence-corrected chi connectivity index (χ3v) is 4.72. The topological polar surface area (TPSA) is 169 Å². The number of nitro groups is 1. The Labute approximate surface area is 182 Å². The molecule has 1 aromatic rings. The van der Waals surface area contributed by atoms with E-state index in [-0.39, 0.29) is 24.0 Å². The van der Waals surface area contributed by atoms with E-state index in [2.05, 4.69) is 4.74 Å². The van der Waals surface area contributed by atoms with Crippen LogP contribution in [0.15, 0.2) is 17.7 Å². The first-order valence-corrected chi connectivity index (χ1v) is 9.54. The standard InChI is InChI=1S/C20H21N3O9/c1-4-22(5-2)17(25)13(11-21)8-12-9-14(23(28)29)16(24)15(10-12)31-19(27)32-20(6-7-20)18(26)30-3/h8-10,24H,4-7H2,1-3H3/b13-8+. The van der Waals surface area contributed by atoms with Crippen LogP contribution in [0.25, 0.3) is 6.08 Å². The molecule has 0 unspecified atom stereocenters. The molecule has 2 rings (SSSR count). The molecule has 0 heterocycles. The fourth-order valence-corrected chi connectivity index (χ4v) is 2.82. The van der Waals surface area contributed by atoms with Crippen LogP contribution < -0.4 is 4.74 Å². The number of rotatable bonds is 8. The number of esters is 1. The quantitative estimate of drug-likeness (QED) is 0.156. The van der Waals surface area contributed by atoms with E-state index >= 15 is 0 Å². The van der Waals surface area contributed by atoms with Gasteiger partial charge in [0.25, 0.3) is 5.91 Å². The highest BCUT2D eigenvalue weighted by Crippen LogP contribution is 2.42. The number of carbonyl (C=O) groups is 3. The molecule has 0 atom stereocenters. The van der Waals surface area contributed by atoms with E-state index in [0.29, 0.717) is 13.1 Å². The normalized spacial score (nSPS) is 14.0. The Balaban J connectivity index is 2.40. The van der Waals surface area contributed by atoms with E-state index in [1.807, 2.05) is 0 Å². The maximum absolute atomic E-state index is 12.4. The summed E-state index contributed by atoms with van der Waals surface area (Å²) in [4.78, 5) is 48.0. The Morgan fingerprint density at radius 3 is 2.41 bits per heavy atom. The average Bonchev–Trinajstić information content (AvgIpc) is 3.54. The molecule has 0 saturated heterocycles. The number of methoxy groups -OCH3 is 1. The van der Waals surface area contributed by atoms with Crippen molar-refractivity contribution < 1.29 is 38.6 Å². The number of hydrogen-bond donors (Lipinski definition) is 1. The summed E-state index contributed by atoms with van der Waals surface area (Å²) in [5.74, 6) is -3.00. The van der Waals surface area contributed by atoms with Gasteiger partial charge in [0.15, 0.2) is 5.75 Å². The Morgan fingerprint density at radius 1 is 1.31 bits per heavy atom. The van der Waals surface area contributed by atoms with Crippen LogP contribution in [0.2, 0.25) is 0 Å². The zero-order chi connectivity index (χ0) is 24.1. The molecule has 1 fully saturated rings. The third kappa shape index (κ3) is 5.12. The molecule has 1 aliphatic carbocycles. The maximum Gasteiger partial charge on any atom is 0.515 e. The van der Waals surface area contributed by atoms with Crippen LogP contribution in [0.1, 0.15) is 32.3 Å². The lowest BCUT2D eigenvalue weighted by Crippen LogP contribution is -2.31.